The lowest BCUT2D eigenvalue weighted by Crippen LogP contribution is -2.28. The average molecular weight is 410 g/mol. The molecule has 1 fully saturated rings. The zero-order valence-corrected chi connectivity index (χ0v) is 16.2. The zero-order chi connectivity index (χ0) is 20.4. The van der Waals surface area contributed by atoms with E-state index in [-0.39, 0.29) is 36.1 Å². The molecule has 0 bridgehead atoms. The van der Waals surface area contributed by atoms with Crippen LogP contribution in [0.1, 0.15) is 18.4 Å². The fourth-order valence-corrected chi connectivity index (χ4v) is 4.16. The number of hydrogen-bond acceptors (Lipinski definition) is 5. The smallest absolute Gasteiger partial charge is 0.240 e. The molecule has 0 saturated carbocycles. The Hall–Kier alpha value is -3.23. The molecule has 4 rings (SSSR count). The van der Waals surface area contributed by atoms with Crippen LogP contribution in [0.3, 0.4) is 0 Å². The minimum Gasteiger partial charge on any atom is -0.472 e. The van der Waals surface area contributed by atoms with Crippen molar-refractivity contribution in [3.8, 4) is 11.1 Å². The molecule has 2 heterocycles. The molecular weight excluding hydrogens is 392 g/mol. The zero-order valence-electron chi connectivity index (χ0n) is 15.4. The molecule has 1 N–H and O–H groups in total. The molecule has 0 aliphatic carbocycles. The number of carbonyl (C=O) groups excluding carboxylic acids is 2. The van der Waals surface area contributed by atoms with Gasteiger partial charge in [0, 0.05) is 24.9 Å². The van der Waals surface area contributed by atoms with Crippen molar-refractivity contribution in [3.63, 3.8) is 0 Å². The maximum absolute atomic E-state index is 12.5. The number of amides is 2. The van der Waals surface area contributed by atoms with Crippen molar-refractivity contribution in [2.45, 2.75) is 24.3 Å². The summed E-state index contributed by atoms with van der Waals surface area (Å²) >= 11 is 0. The molecule has 3 aromatic rings. The topological polar surface area (TPSA) is 96.7 Å². The van der Waals surface area contributed by atoms with E-state index < -0.39 is 10.0 Å². The van der Waals surface area contributed by atoms with Crippen molar-refractivity contribution >= 4 is 27.5 Å². The average Bonchev–Trinajstić information content (AvgIpc) is 3.37. The summed E-state index contributed by atoms with van der Waals surface area (Å²) in [6, 6.07) is 15.0. The molecule has 0 atom stereocenters. The number of imide groups is 1. The van der Waals surface area contributed by atoms with Gasteiger partial charge in [0.2, 0.25) is 21.8 Å². The van der Waals surface area contributed by atoms with Crippen LogP contribution in [0.2, 0.25) is 0 Å². The van der Waals surface area contributed by atoms with E-state index in [0.717, 1.165) is 21.6 Å². The van der Waals surface area contributed by atoms with E-state index in [0.29, 0.717) is 5.69 Å². The van der Waals surface area contributed by atoms with Crippen molar-refractivity contribution in [3.05, 3.63) is 72.7 Å². The molecule has 148 valence electrons. The molecule has 1 aliphatic heterocycles. The van der Waals surface area contributed by atoms with Gasteiger partial charge in [0.1, 0.15) is 0 Å². The summed E-state index contributed by atoms with van der Waals surface area (Å²) in [7, 11) is -3.73. The van der Waals surface area contributed by atoms with Crippen LogP contribution in [-0.4, -0.2) is 20.2 Å². The quantitative estimate of drug-likeness (QED) is 0.630. The van der Waals surface area contributed by atoms with Crippen LogP contribution in [-0.2, 0) is 26.2 Å². The first-order valence-corrected chi connectivity index (χ1v) is 10.5. The van der Waals surface area contributed by atoms with Gasteiger partial charge in [-0.05, 0) is 41.5 Å². The van der Waals surface area contributed by atoms with E-state index in [1.807, 2.05) is 30.3 Å². The van der Waals surface area contributed by atoms with E-state index in [9.17, 15) is 18.0 Å². The van der Waals surface area contributed by atoms with Crippen molar-refractivity contribution in [1.29, 1.82) is 0 Å². The summed E-state index contributed by atoms with van der Waals surface area (Å²) in [6.45, 7) is 0.138. The van der Waals surface area contributed by atoms with Crippen LogP contribution >= 0.6 is 0 Å². The summed E-state index contributed by atoms with van der Waals surface area (Å²) in [5, 5.41) is 0. The standard InChI is InChI=1S/C21H18N2O5S/c24-20-9-10-21(25)23(20)18-5-7-19(8-6-18)29(26,27)22-13-15-1-3-16(4-2-15)17-11-12-28-14-17/h1-8,11-12,14,22H,9-10,13H2. The Morgan fingerprint density at radius 1 is 0.862 bits per heavy atom. The highest BCUT2D eigenvalue weighted by molar-refractivity contribution is 7.89. The van der Waals surface area contributed by atoms with Gasteiger partial charge >= 0.3 is 0 Å². The second-order valence-corrected chi connectivity index (χ2v) is 8.42. The van der Waals surface area contributed by atoms with Crippen LogP contribution < -0.4 is 9.62 Å². The van der Waals surface area contributed by atoms with Crippen LogP contribution in [0.5, 0.6) is 0 Å². The van der Waals surface area contributed by atoms with E-state index >= 15 is 0 Å². The van der Waals surface area contributed by atoms with Crippen LogP contribution in [0, 0.1) is 0 Å². The fourth-order valence-electron chi connectivity index (χ4n) is 3.14. The fraction of sp³-hybridized carbons (Fsp3) is 0.143. The van der Waals surface area contributed by atoms with Gasteiger partial charge in [0.25, 0.3) is 0 Å². The number of anilines is 1. The number of sulfonamides is 1. The van der Waals surface area contributed by atoms with E-state index in [4.69, 9.17) is 4.42 Å². The highest BCUT2D eigenvalue weighted by Gasteiger charge is 2.30. The van der Waals surface area contributed by atoms with E-state index in [2.05, 4.69) is 4.72 Å². The molecule has 1 aliphatic rings. The largest absolute Gasteiger partial charge is 0.472 e. The molecule has 29 heavy (non-hydrogen) atoms. The minimum absolute atomic E-state index is 0.0652. The molecule has 1 aromatic heterocycles. The Morgan fingerprint density at radius 3 is 2.10 bits per heavy atom. The predicted octanol–water partition coefficient (Wildman–Crippen LogP) is 3.08. The lowest BCUT2D eigenvalue weighted by molar-refractivity contribution is -0.121. The van der Waals surface area contributed by atoms with Crippen LogP contribution in [0.15, 0.2) is 76.4 Å². The number of nitrogens with one attached hydrogen (secondary N) is 1. The van der Waals surface area contributed by atoms with Gasteiger partial charge in [-0.3, -0.25) is 14.5 Å². The summed E-state index contributed by atoms with van der Waals surface area (Å²) in [4.78, 5) is 24.7. The number of furan rings is 1. The maximum Gasteiger partial charge on any atom is 0.240 e. The highest BCUT2D eigenvalue weighted by Crippen LogP contribution is 2.24. The van der Waals surface area contributed by atoms with Gasteiger partial charge in [-0.2, -0.15) is 0 Å². The van der Waals surface area contributed by atoms with Crippen molar-refractivity contribution in [1.82, 2.24) is 4.72 Å². The minimum atomic E-state index is -3.73. The lowest BCUT2D eigenvalue weighted by atomic mass is 10.1. The molecule has 7 nitrogen and oxygen atoms in total. The summed E-state index contributed by atoms with van der Waals surface area (Å²) in [5.41, 5.74) is 3.12. The van der Waals surface area contributed by atoms with Gasteiger partial charge in [-0.15, -0.1) is 0 Å². The first-order chi connectivity index (χ1) is 13.9. The molecule has 8 heteroatoms. The summed E-state index contributed by atoms with van der Waals surface area (Å²) < 4.78 is 32.7. The monoisotopic (exact) mass is 410 g/mol. The molecule has 0 radical (unpaired) electrons. The van der Waals surface area contributed by atoms with Crippen LogP contribution in [0.25, 0.3) is 11.1 Å². The Morgan fingerprint density at radius 2 is 1.52 bits per heavy atom. The van der Waals surface area contributed by atoms with Crippen molar-refractivity contribution < 1.29 is 22.4 Å². The molecule has 1 saturated heterocycles. The lowest BCUT2D eigenvalue weighted by Gasteiger charge is -2.14. The third-order valence-corrected chi connectivity index (χ3v) is 6.15. The number of rotatable bonds is 6. The van der Waals surface area contributed by atoms with Crippen LogP contribution in [0.4, 0.5) is 5.69 Å². The number of nitrogens with zero attached hydrogens (tertiary/aromatic N) is 1. The summed E-state index contributed by atoms with van der Waals surface area (Å²) in [5.74, 6) is -0.551. The highest BCUT2D eigenvalue weighted by atomic mass is 32.2. The number of carbonyl (C=O) groups is 2. The number of hydrogen-bond donors (Lipinski definition) is 1. The first-order valence-electron chi connectivity index (χ1n) is 9.01. The normalized spacial score (nSPS) is 14.6. The van der Waals surface area contributed by atoms with Crippen molar-refractivity contribution in [2.75, 3.05) is 4.90 Å². The Bertz CT molecular complexity index is 1120. The van der Waals surface area contributed by atoms with Gasteiger partial charge in [-0.25, -0.2) is 13.1 Å². The molecule has 2 amide bonds. The predicted molar refractivity (Wildman–Crippen MR) is 106 cm³/mol. The van der Waals surface area contributed by atoms with Gasteiger partial charge in [-0.1, -0.05) is 24.3 Å². The van der Waals surface area contributed by atoms with E-state index in [1.165, 1.54) is 24.3 Å². The van der Waals surface area contributed by atoms with Gasteiger partial charge in [0.15, 0.2) is 0 Å². The van der Waals surface area contributed by atoms with E-state index in [1.54, 1.807) is 12.5 Å². The SMILES string of the molecule is O=C1CCC(=O)N1c1ccc(S(=O)(=O)NCc2ccc(-c3ccoc3)cc2)cc1. The Labute approximate surface area is 168 Å². The molecule has 0 unspecified atom stereocenters. The van der Waals surface area contributed by atoms with Gasteiger partial charge < -0.3 is 4.42 Å². The second kappa shape index (κ2) is 7.65. The first kappa shape index (κ1) is 19.1. The molecule has 0 spiro atoms. The molecule has 2 aromatic carbocycles. The second-order valence-electron chi connectivity index (χ2n) is 6.65. The Kier molecular flexibility index (Phi) is 5.04. The summed E-state index contributed by atoms with van der Waals surface area (Å²) in [6.07, 6.45) is 3.60. The number of benzene rings is 2. The molecular formula is C21H18N2O5S. The van der Waals surface area contributed by atoms with Crippen molar-refractivity contribution in [2.24, 2.45) is 0 Å². The third kappa shape index (κ3) is 3.98. The van der Waals surface area contributed by atoms with Gasteiger partial charge in [0.05, 0.1) is 23.1 Å². The maximum atomic E-state index is 12.5. The Balaban J connectivity index is 1.43. The third-order valence-electron chi connectivity index (χ3n) is 4.73.